The lowest BCUT2D eigenvalue weighted by molar-refractivity contribution is -0.127. The van der Waals surface area contributed by atoms with Gasteiger partial charge in [0.2, 0.25) is 5.91 Å². The van der Waals surface area contributed by atoms with E-state index in [2.05, 4.69) is 5.32 Å². The summed E-state index contributed by atoms with van der Waals surface area (Å²) in [7, 11) is 0. The lowest BCUT2D eigenvalue weighted by Crippen LogP contribution is -2.46. The van der Waals surface area contributed by atoms with Crippen molar-refractivity contribution in [3.63, 3.8) is 0 Å². The highest BCUT2D eigenvalue weighted by atomic mass is 35.5. The monoisotopic (exact) mass is 497 g/mol. The van der Waals surface area contributed by atoms with Gasteiger partial charge >= 0.3 is 0 Å². The highest BCUT2D eigenvalue weighted by molar-refractivity contribution is 8.18. The first kappa shape index (κ1) is 24.0. The Labute approximate surface area is 207 Å². The van der Waals surface area contributed by atoms with Crippen LogP contribution in [-0.4, -0.2) is 58.9 Å². The number of benzene rings is 2. The number of piperidine rings is 1. The van der Waals surface area contributed by atoms with Gasteiger partial charge in [-0.3, -0.25) is 24.1 Å². The number of halogens is 1. The van der Waals surface area contributed by atoms with E-state index in [4.69, 9.17) is 11.6 Å². The van der Waals surface area contributed by atoms with E-state index in [1.165, 1.54) is 0 Å². The lowest BCUT2D eigenvalue weighted by Gasteiger charge is -2.32. The summed E-state index contributed by atoms with van der Waals surface area (Å²) in [6.07, 6.45) is 3.10. The normalized spacial score (nSPS) is 19.6. The fourth-order valence-electron chi connectivity index (χ4n) is 3.98. The minimum absolute atomic E-state index is 0.0999. The fourth-order valence-corrected chi connectivity index (χ4v) is 4.97. The van der Waals surface area contributed by atoms with Crippen molar-refractivity contribution in [3.05, 3.63) is 75.7 Å². The summed E-state index contributed by atoms with van der Waals surface area (Å²) < 4.78 is 0. The molecule has 0 spiro atoms. The topological polar surface area (TPSA) is 86.8 Å². The SMILES string of the molecule is O=C(NCCN1C(=O)S/C(=C\c2ccccc2)C1=O)C1CCCN(C(=O)c2ccc(Cl)cc2)C1. The van der Waals surface area contributed by atoms with E-state index in [0.717, 1.165) is 28.6 Å². The molecule has 2 fully saturated rings. The largest absolute Gasteiger partial charge is 0.354 e. The Bertz CT molecular complexity index is 1120. The lowest BCUT2D eigenvalue weighted by atomic mass is 9.96. The van der Waals surface area contributed by atoms with Crippen molar-refractivity contribution in [2.24, 2.45) is 5.92 Å². The molecule has 1 N–H and O–H groups in total. The standard InChI is InChI=1S/C25H24ClN3O4S/c26-20-10-8-18(9-11-20)23(31)28-13-4-7-19(16-28)22(30)27-12-14-29-24(32)21(34-25(29)33)15-17-5-2-1-3-6-17/h1-3,5-6,8-11,15,19H,4,7,12-14,16H2,(H,27,30)/b21-15-. The Morgan fingerprint density at radius 2 is 1.82 bits per heavy atom. The first-order chi connectivity index (χ1) is 16.4. The predicted molar refractivity (Wildman–Crippen MR) is 132 cm³/mol. The van der Waals surface area contributed by atoms with Crippen LogP contribution in [0.4, 0.5) is 4.79 Å². The number of hydrogen-bond donors (Lipinski definition) is 1. The minimum Gasteiger partial charge on any atom is -0.354 e. The van der Waals surface area contributed by atoms with Gasteiger partial charge in [-0.2, -0.15) is 0 Å². The van der Waals surface area contributed by atoms with E-state index in [9.17, 15) is 19.2 Å². The highest BCUT2D eigenvalue weighted by Gasteiger charge is 2.35. The molecule has 2 aromatic rings. The van der Waals surface area contributed by atoms with Gasteiger partial charge in [0.05, 0.1) is 10.8 Å². The summed E-state index contributed by atoms with van der Waals surface area (Å²) in [5.41, 5.74) is 1.38. The Hall–Kier alpha value is -3.10. The maximum absolute atomic E-state index is 12.8. The van der Waals surface area contributed by atoms with E-state index in [1.807, 2.05) is 30.3 Å². The van der Waals surface area contributed by atoms with Crippen LogP contribution in [0.25, 0.3) is 6.08 Å². The second kappa shape index (κ2) is 10.9. The van der Waals surface area contributed by atoms with Crippen LogP contribution < -0.4 is 5.32 Å². The summed E-state index contributed by atoms with van der Waals surface area (Å²) in [6, 6.07) is 16.0. The van der Waals surface area contributed by atoms with Crippen molar-refractivity contribution < 1.29 is 19.2 Å². The number of carbonyl (C=O) groups is 4. The summed E-state index contributed by atoms with van der Waals surface area (Å²) in [5.74, 6) is -0.999. The molecule has 0 bridgehead atoms. The van der Waals surface area contributed by atoms with Crippen molar-refractivity contribution in [3.8, 4) is 0 Å². The first-order valence-corrected chi connectivity index (χ1v) is 12.2. The molecular weight excluding hydrogens is 474 g/mol. The average molecular weight is 498 g/mol. The molecule has 2 aliphatic rings. The molecule has 0 aliphatic carbocycles. The van der Waals surface area contributed by atoms with E-state index in [-0.39, 0.29) is 42.0 Å². The quantitative estimate of drug-likeness (QED) is 0.608. The molecule has 9 heteroatoms. The van der Waals surface area contributed by atoms with Crippen molar-refractivity contribution in [1.29, 1.82) is 0 Å². The van der Waals surface area contributed by atoms with E-state index < -0.39 is 0 Å². The molecule has 0 radical (unpaired) electrons. The number of rotatable bonds is 6. The van der Waals surface area contributed by atoms with Gasteiger partial charge in [-0.1, -0.05) is 41.9 Å². The number of nitrogens with zero attached hydrogens (tertiary/aromatic N) is 2. The Morgan fingerprint density at radius 3 is 2.56 bits per heavy atom. The van der Waals surface area contributed by atoms with Gasteiger partial charge < -0.3 is 10.2 Å². The molecule has 7 nitrogen and oxygen atoms in total. The Morgan fingerprint density at radius 1 is 1.09 bits per heavy atom. The van der Waals surface area contributed by atoms with Gasteiger partial charge in [0.25, 0.3) is 17.1 Å². The fraction of sp³-hybridized carbons (Fsp3) is 0.280. The van der Waals surface area contributed by atoms with E-state index in [1.54, 1.807) is 35.2 Å². The third-order valence-electron chi connectivity index (χ3n) is 5.78. The van der Waals surface area contributed by atoms with Crippen LogP contribution in [0.1, 0.15) is 28.8 Å². The van der Waals surface area contributed by atoms with Gasteiger partial charge in [-0.25, -0.2) is 0 Å². The smallest absolute Gasteiger partial charge is 0.293 e. The third kappa shape index (κ3) is 5.69. The predicted octanol–water partition coefficient (Wildman–Crippen LogP) is 4.04. The molecule has 2 aliphatic heterocycles. The van der Waals surface area contributed by atoms with Crippen molar-refractivity contribution in [1.82, 2.24) is 15.1 Å². The van der Waals surface area contributed by atoms with Gasteiger partial charge in [-0.15, -0.1) is 0 Å². The third-order valence-corrected chi connectivity index (χ3v) is 6.94. The molecule has 4 rings (SSSR count). The Balaban J connectivity index is 1.28. The van der Waals surface area contributed by atoms with Crippen LogP contribution in [0.15, 0.2) is 59.5 Å². The molecule has 1 atom stereocenters. The van der Waals surface area contributed by atoms with Crippen LogP contribution in [0.3, 0.4) is 0 Å². The highest BCUT2D eigenvalue weighted by Crippen LogP contribution is 2.31. The maximum atomic E-state index is 12.8. The van der Waals surface area contributed by atoms with Crippen molar-refractivity contribution in [2.75, 3.05) is 26.2 Å². The molecule has 4 amide bonds. The van der Waals surface area contributed by atoms with E-state index >= 15 is 0 Å². The number of likely N-dealkylation sites (tertiary alicyclic amines) is 1. The van der Waals surface area contributed by atoms with E-state index in [0.29, 0.717) is 35.0 Å². The van der Waals surface area contributed by atoms with Crippen LogP contribution in [0, 0.1) is 5.92 Å². The summed E-state index contributed by atoms with van der Waals surface area (Å²) >= 11 is 6.80. The molecule has 34 heavy (non-hydrogen) atoms. The van der Waals surface area contributed by atoms with Crippen LogP contribution >= 0.6 is 23.4 Å². The summed E-state index contributed by atoms with van der Waals surface area (Å²) in [5, 5.41) is 3.03. The number of thioether (sulfide) groups is 1. The maximum Gasteiger partial charge on any atom is 0.293 e. The number of carbonyl (C=O) groups excluding carboxylic acids is 4. The minimum atomic E-state index is -0.356. The number of amides is 4. The molecule has 2 aromatic carbocycles. The molecule has 0 saturated carbocycles. The van der Waals surface area contributed by atoms with Crippen molar-refractivity contribution in [2.45, 2.75) is 12.8 Å². The van der Waals surface area contributed by atoms with Crippen molar-refractivity contribution >= 4 is 52.4 Å². The number of hydrogen-bond acceptors (Lipinski definition) is 5. The first-order valence-electron chi connectivity index (χ1n) is 11.1. The summed E-state index contributed by atoms with van der Waals surface area (Å²) in [6.45, 7) is 1.18. The van der Waals surface area contributed by atoms with Crippen LogP contribution in [0.5, 0.6) is 0 Å². The molecule has 0 aromatic heterocycles. The molecule has 1 unspecified atom stereocenters. The second-order valence-corrected chi connectivity index (χ2v) is 9.56. The molecule has 2 heterocycles. The number of imide groups is 1. The zero-order chi connectivity index (χ0) is 24.1. The number of nitrogens with one attached hydrogen (secondary N) is 1. The second-order valence-electron chi connectivity index (χ2n) is 8.13. The summed E-state index contributed by atoms with van der Waals surface area (Å²) in [4.78, 5) is 53.6. The molecule has 2 saturated heterocycles. The molecular formula is C25H24ClN3O4S. The Kier molecular flexibility index (Phi) is 7.70. The van der Waals surface area contributed by atoms with Gasteiger partial charge in [0.1, 0.15) is 0 Å². The van der Waals surface area contributed by atoms with Gasteiger partial charge in [-0.05, 0) is 60.5 Å². The van der Waals surface area contributed by atoms with Gasteiger partial charge in [0, 0.05) is 36.8 Å². The van der Waals surface area contributed by atoms with Crippen LogP contribution in [0.2, 0.25) is 5.02 Å². The zero-order valence-corrected chi connectivity index (χ0v) is 20.0. The van der Waals surface area contributed by atoms with Gasteiger partial charge in [0.15, 0.2) is 0 Å². The van der Waals surface area contributed by atoms with Crippen LogP contribution in [-0.2, 0) is 9.59 Å². The average Bonchev–Trinajstić information content (AvgIpc) is 3.12. The zero-order valence-electron chi connectivity index (χ0n) is 18.4. The molecule has 176 valence electrons.